The molecule has 3 aromatic rings. The van der Waals surface area contributed by atoms with Crippen LogP contribution in [-0.4, -0.2) is 20.7 Å². The fourth-order valence-electron chi connectivity index (χ4n) is 3.31. The summed E-state index contributed by atoms with van der Waals surface area (Å²) in [7, 11) is 0. The van der Waals surface area contributed by atoms with Crippen molar-refractivity contribution in [2.24, 2.45) is 0 Å². The number of fused-ring (bicyclic) bond motifs is 1. The first-order chi connectivity index (χ1) is 12.2. The smallest absolute Gasteiger partial charge is 0.251 e. The lowest BCUT2D eigenvalue weighted by atomic mass is 9.97. The van der Waals surface area contributed by atoms with E-state index in [2.05, 4.69) is 15.4 Å². The van der Waals surface area contributed by atoms with Crippen molar-refractivity contribution in [1.82, 2.24) is 20.1 Å². The van der Waals surface area contributed by atoms with E-state index in [4.69, 9.17) is 0 Å². The number of thiazole rings is 1. The molecule has 2 aromatic heterocycles. The van der Waals surface area contributed by atoms with Crippen molar-refractivity contribution in [1.29, 1.82) is 0 Å². The Morgan fingerprint density at radius 3 is 3.16 bits per heavy atom. The van der Waals surface area contributed by atoms with Crippen LogP contribution in [0.3, 0.4) is 0 Å². The number of carbonyl (C=O) groups excluding carboxylic acids is 1. The molecule has 25 heavy (non-hydrogen) atoms. The van der Waals surface area contributed by atoms with Gasteiger partial charge in [-0.1, -0.05) is 12.1 Å². The minimum Gasteiger partial charge on any atom is -0.344 e. The maximum absolute atomic E-state index is 12.7. The van der Waals surface area contributed by atoms with Crippen molar-refractivity contribution < 1.29 is 4.79 Å². The van der Waals surface area contributed by atoms with Crippen LogP contribution in [0.2, 0.25) is 0 Å². The van der Waals surface area contributed by atoms with Gasteiger partial charge in [0.05, 0.1) is 23.3 Å². The lowest BCUT2D eigenvalue weighted by molar-refractivity contribution is 0.0932. The van der Waals surface area contributed by atoms with Gasteiger partial charge < -0.3 is 5.32 Å². The predicted molar refractivity (Wildman–Crippen MR) is 97.8 cm³/mol. The SMILES string of the molecule is Cc1nc2c(s1)CCCC2NC(=O)c1cccc(Cn2cccn2)c1. The maximum Gasteiger partial charge on any atom is 0.251 e. The fourth-order valence-corrected chi connectivity index (χ4v) is 4.35. The van der Waals surface area contributed by atoms with Crippen LogP contribution < -0.4 is 5.32 Å². The Balaban J connectivity index is 1.50. The lowest BCUT2D eigenvalue weighted by Gasteiger charge is -2.22. The van der Waals surface area contributed by atoms with Crippen LogP contribution in [-0.2, 0) is 13.0 Å². The molecule has 2 heterocycles. The molecule has 5 nitrogen and oxygen atoms in total. The molecule has 0 fully saturated rings. The van der Waals surface area contributed by atoms with Crippen molar-refractivity contribution in [2.75, 3.05) is 0 Å². The third-order valence-electron chi connectivity index (χ3n) is 4.46. The molecule has 1 aliphatic rings. The largest absolute Gasteiger partial charge is 0.344 e. The van der Waals surface area contributed by atoms with E-state index in [1.807, 2.05) is 48.1 Å². The molecule has 1 N–H and O–H groups in total. The Morgan fingerprint density at radius 2 is 2.32 bits per heavy atom. The van der Waals surface area contributed by atoms with Crippen molar-refractivity contribution in [3.63, 3.8) is 0 Å². The van der Waals surface area contributed by atoms with Crippen LogP contribution in [0.1, 0.15) is 50.4 Å². The van der Waals surface area contributed by atoms with Gasteiger partial charge >= 0.3 is 0 Å². The molecular formula is C19H20N4OS. The summed E-state index contributed by atoms with van der Waals surface area (Å²) in [5.74, 6) is -0.0363. The van der Waals surface area contributed by atoms with Gasteiger partial charge in [-0.15, -0.1) is 11.3 Å². The van der Waals surface area contributed by atoms with Gasteiger partial charge in [-0.25, -0.2) is 4.98 Å². The van der Waals surface area contributed by atoms with Crippen LogP contribution in [0.15, 0.2) is 42.7 Å². The molecule has 1 atom stereocenters. The number of aromatic nitrogens is 3. The Labute approximate surface area is 150 Å². The van der Waals surface area contributed by atoms with Gasteiger partial charge in [-0.3, -0.25) is 9.48 Å². The normalized spacial score (nSPS) is 16.4. The third kappa shape index (κ3) is 3.49. The average Bonchev–Trinajstić information content (AvgIpc) is 3.24. The van der Waals surface area contributed by atoms with Gasteiger partial charge in [0.2, 0.25) is 0 Å². The molecule has 0 saturated heterocycles. The van der Waals surface area contributed by atoms with E-state index in [9.17, 15) is 4.79 Å². The zero-order valence-electron chi connectivity index (χ0n) is 14.1. The number of amides is 1. The highest BCUT2D eigenvalue weighted by molar-refractivity contribution is 7.11. The summed E-state index contributed by atoms with van der Waals surface area (Å²) in [6.45, 7) is 2.69. The van der Waals surface area contributed by atoms with Gasteiger partial charge in [0, 0.05) is 22.8 Å². The second-order valence-corrected chi connectivity index (χ2v) is 7.65. The molecule has 1 unspecified atom stereocenters. The first-order valence-corrected chi connectivity index (χ1v) is 9.34. The summed E-state index contributed by atoms with van der Waals surface area (Å²) in [5.41, 5.74) is 2.81. The standard InChI is InChI=1S/C19H20N4OS/c1-13-21-18-16(7-3-8-17(18)25-13)22-19(24)15-6-2-5-14(11-15)12-23-10-4-9-20-23/h2,4-6,9-11,16H,3,7-8,12H2,1H3,(H,22,24). The summed E-state index contributed by atoms with van der Waals surface area (Å²) in [5, 5.41) is 8.47. The first kappa shape index (κ1) is 16.0. The fraction of sp³-hybridized carbons (Fsp3) is 0.316. The van der Waals surface area contributed by atoms with E-state index in [-0.39, 0.29) is 11.9 Å². The average molecular weight is 352 g/mol. The minimum absolute atomic E-state index is 0.0240. The van der Waals surface area contributed by atoms with Crippen LogP contribution in [0.5, 0.6) is 0 Å². The van der Waals surface area contributed by atoms with E-state index in [1.54, 1.807) is 17.5 Å². The molecule has 128 valence electrons. The number of aryl methyl sites for hydroxylation is 2. The van der Waals surface area contributed by atoms with E-state index < -0.39 is 0 Å². The van der Waals surface area contributed by atoms with E-state index in [1.165, 1.54) is 4.88 Å². The molecule has 6 heteroatoms. The number of carbonyl (C=O) groups is 1. The zero-order chi connectivity index (χ0) is 17.2. The molecule has 0 bridgehead atoms. The van der Waals surface area contributed by atoms with Gasteiger partial charge in [0.15, 0.2) is 0 Å². The van der Waals surface area contributed by atoms with E-state index >= 15 is 0 Å². The van der Waals surface area contributed by atoms with Gasteiger partial charge in [-0.05, 0) is 49.9 Å². The van der Waals surface area contributed by atoms with Crippen LogP contribution in [0.4, 0.5) is 0 Å². The number of hydrogen-bond acceptors (Lipinski definition) is 4. The molecule has 0 spiro atoms. The molecule has 4 rings (SSSR count). The van der Waals surface area contributed by atoms with Crippen molar-refractivity contribution in [3.05, 3.63) is 69.4 Å². The second kappa shape index (κ2) is 6.80. The number of nitrogens with zero attached hydrogens (tertiary/aromatic N) is 3. The number of benzene rings is 1. The second-order valence-electron chi connectivity index (χ2n) is 6.36. The topological polar surface area (TPSA) is 59.8 Å². The maximum atomic E-state index is 12.7. The molecule has 0 saturated carbocycles. The highest BCUT2D eigenvalue weighted by Crippen LogP contribution is 2.33. The van der Waals surface area contributed by atoms with E-state index in [0.29, 0.717) is 12.1 Å². The Morgan fingerprint density at radius 1 is 1.40 bits per heavy atom. The molecule has 1 aliphatic carbocycles. The number of hydrogen-bond donors (Lipinski definition) is 1. The lowest BCUT2D eigenvalue weighted by Crippen LogP contribution is -2.31. The van der Waals surface area contributed by atoms with Crippen LogP contribution in [0.25, 0.3) is 0 Å². The van der Waals surface area contributed by atoms with Gasteiger partial charge in [0.25, 0.3) is 5.91 Å². The van der Waals surface area contributed by atoms with Crippen LogP contribution >= 0.6 is 11.3 Å². The quantitative estimate of drug-likeness (QED) is 0.782. The Kier molecular flexibility index (Phi) is 4.36. The summed E-state index contributed by atoms with van der Waals surface area (Å²) >= 11 is 1.75. The zero-order valence-corrected chi connectivity index (χ0v) is 14.9. The molecule has 1 amide bonds. The molecule has 0 radical (unpaired) electrons. The summed E-state index contributed by atoms with van der Waals surface area (Å²) in [4.78, 5) is 18.7. The summed E-state index contributed by atoms with van der Waals surface area (Å²) in [6.07, 6.45) is 6.80. The number of nitrogens with one attached hydrogen (secondary N) is 1. The first-order valence-electron chi connectivity index (χ1n) is 8.52. The Hall–Kier alpha value is -2.47. The third-order valence-corrected chi connectivity index (χ3v) is 5.51. The number of rotatable bonds is 4. The van der Waals surface area contributed by atoms with E-state index in [0.717, 1.165) is 35.5 Å². The predicted octanol–water partition coefficient (Wildman–Crippen LogP) is 3.50. The van der Waals surface area contributed by atoms with Crippen molar-refractivity contribution in [3.8, 4) is 0 Å². The summed E-state index contributed by atoms with van der Waals surface area (Å²) < 4.78 is 1.85. The van der Waals surface area contributed by atoms with Crippen LogP contribution in [0, 0.1) is 6.92 Å². The minimum atomic E-state index is -0.0363. The Bertz CT molecular complexity index is 885. The highest BCUT2D eigenvalue weighted by atomic mass is 32.1. The van der Waals surface area contributed by atoms with Crippen molar-refractivity contribution >= 4 is 17.2 Å². The molecule has 0 aliphatic heterocycles. The van der Waals surface area contributed by atoms with Crippen molar-refractivity contribution in [2.45, 2.75) is 38.8 Å². The van der Waals surface area contributed by atoms with Gasteiger partial charge in [0.1, 0.15) is 0 Å². The van der Waals surface area contributed by atoms with Gasteiger partial charge in [-0.2, -0.15) is 5.10 Å². The monoisotopic (exact) mass is 352 g/mol. The molecular weight excluding hydrogens is 332 g/mol. The summed E-state index contributed by atoms with van der Waals surface area (Å²) in [6, 6.07) is 9.66. The highest BCUT2D eigenvalue weighted by Gasteiger charge is 2.25. The molecule has 1 aromatic carbocycles.